The third-order valence-corrected chi connectivity index (χ3v) is 13.3. The van der Waals surface area contributed by atoms with Crippen molar-refractivity contribution in [3.05, 3.63) is 23.0 Å². The van der Waals surface area contributed by atoms with Crippen LogP contribution in [0.25, 0.3) is 0 Å². The van der Waals surface area contributed by atoms with Crippen molar-refractivity contribution >= 4 is 20.1 Å². The van der Waals surface area contributed by atoms with Gasteiger partial charge in [-0.3, -0.25) is 9.59 Å². The number of esters is 1. The summed E-state index contributed by atoms with van der Waals surface area (Å²) in [6, 6.07) is 0. The van der Waals surface area contributed by atoms with Gasteiger partial charge < -0.3 is 14.3 Å². The molecule has 1 heterocycles. The lowest BCUT2D eigenvalue weighted by atomic mass is 9.52. The number of allylic oxidation sites excluding steroid dienone is 2. The van der Waals surface area contributed by atoms with Crippen LogP contribution in [-0.4, -0.2) is 37.4 Å². The summed E-state index contributed by atoms with van der Waals surface area (Å²) in [5, 5.41) is 11.4. The highest BCUT2D eigenvalue weighted by molar-refractivity contribution is 6.74. The van der Waals surface area contributed by atoms with Gasteiger partial charge in [-0.2, -0.15) is 0 Å². The minimum absolute atomic E-state index is 0.0216. The summed E-state index contributed by atoms with van der Waals surface area (Å²) >= 11 is 0. The number of rotatable bonds is 2. The van der Waals surface area contributed by atoms with E-state index in [1.165, 1.54) is 5.57 Å². The van der Waals surface area contributed by atoms with Gasteiger partial charge in [0.2, 0.25) is 8.32 Å². The SMILES string of the molecule is CC1=CC(=O)[C@@H]2CC(O[Si](C)(C)C(C)(C)C)=C3C[C@H]4OC(=O)[C@H](C)[C@H]4[C@@H]3[C@]2(C)[C@@H]1O. The van der Waals surface area contributed by atoms with Crippen molar-refractivity contribution in [3.8, 4) is 0 Å². The van der Waals surface area contributed by atoms with Crippen LogP contribution in [0.5, 0.6) is 0 Å². The zero-order valence-electron chi connectivity index (χ0n) is 19.5. The molecule has 0 amide bonds. The Morgan fingerprint density at radius 1 is 1.23 bits per heavy atom. The molecule has 4 rings (SSSR count). The van der Waals surface area contributed by atoms with E-state index in [0.717, 1.165) is 5.76 Å². The lowest BCUT2D eigenvalue weighted by Crippen LogP contribution is -2.56. The fourth-order valence-corrected chi connectivity index (χ4v) is 7.27. The number of hydrogen-bond donors (Lipinski definition) is 1. The molecule has 1 saturated heterocycles. The topological polar surface area (TPSA) is 72.8 Å². The summed E-state index contributed by atoms with van der Waals surface area (Å²) in [4.78, 5) is 25.5. The molecular weight excluding hydrogens is 396 g/mol. The standard InChI is InChI=1S/C24H36O5Si/c1-12-9-16(25)15-11-17(29-30(7,8)23(3,4)5)14-10-18-19(13(2)22(27)28-18)20(14)24(15,6)21(12)26/h9,13,15,18-21,26H,10-11H2,1-8H3/t13-,15+,18-,19-,20-,21-,24-/m1/s1. The molecule has 166 valence electrons. The third-order valence-electron chi connectivity index (χ3n) is 8.91. The highest BCUT2D eigenvalue weighted by atomic mass is 28.4. The van der Waals surface area contributed by atoms with Crippen molar-refractivity contribution < 1.29 is 23.9 Å². The van der Waals surface area contributed by atoms with Gasteiger partial charge in [0.15, 0.2) is 5.78 Å². The molecule has 1 saturated carbocycles. The second-order valence-electron chi connectivity index (χ2n) is 11.6. The van der Waals surface area contributed by atoms with Crippen LogP contribution in [0.15, 0.2) is 23.0 Å². The van der Waals surface area contributed by atoms with Gasteiger partial charge in [0.05, 0.1) is 17.8 Å². The zero-order valence-corrected chi connectivity index (χ0v) is 20.5. The van der Waals surface area contributed by atoms with Crippen LogP contribution in [0.1, 0.15) is 54.4 Å². The van der Waals surface area contributed by atoms with E-state index >= 15 is 0 Å². The molecule has 5 nitrogen and oxygen atoms in total. The van der Waals surface area contributed by atoms with E-state index in [1.54, 1.807) is 6.08 Å². The summed E-state index contributed by atoms with van der Waals surface area (Å²) in [6.45, 7) is 16.9. The maximum absolute atomic E-state index is 13.2. The number of hydrogen-bond acceptors (Lipinski definition) is 5. The van der Waals surface area contributed by atoms with E-state index in [4.69, 9.17) is 9.16 Å². The number of carbonyl (C=O) groups excluding carboxylic acids is 2. The van der Waals surface area contributed by atoms with Crippen molar-refractivity contribution in [2.45, 2.75) is 84.7 Å². The van der Waals surface area contributed by atoms with Gasteiger partial charge in [-0.15, -0.1) is 0 Å². The number of fused-ring (bicyclic) bond motifs is 5. The second-order valence-corrected chi connectivity index (χ2v) is 16.4. The first-order chi connectivity index (χ1) is 13.7. The predicted molar refractivity (Wildman–Crippen MR) is 117 cm³/mol. The smallest absolute Gasteiger partial charge is 0.309 e. The van der Waals surface area contributed by atoms with Gasteiger partial charge in [0.25, 0.3) is 0 Å². The third kappa shape index (κ3) is 2.82. The molecule has 30 heavy (non-hydrogen) atoms. The summed E-state index contributed by atoms with van der Waals surface area (Å²) in [5.74, 6) is 0.140. The molecule has 7 atom stereocenters. The van der Waals surface area contributed by atoms with Crippen LogP contribution in [0.2, 0.25) is 18.1 Å². The van der Waals surface area contributed by atoms with Crippen LogP contribution >= 0.6 is 0 Å². The van der Waals surface area contributed by atoms with Gasteiger partial charge in [-0.25, -0.2) is 0 Å². The van der Waals surface area contributed by atoms with Crippen LogP contribution in [0.3, 0.4) is 0 Å². The molecule has 3 aliphatic carbocycles. The highest BCUT2D eigenvalue weighted by Crippen LogP contribution is 2.64. The van der Waals surface area contributed by atoms with E-state index in [0.29, 0.717) is 18.4 Å². The fraction of sp³-hybridized carbons (Fsp3) is 0.750. The van der Waals surface area contributed by atoms with Crippen molar-refractivity contribution in [3.63, 3.8) is 0 Å². The summed E-state index contributed by atoms with van der Waals surface area (Å²) < 4.78 is 12.6. The zero-order chi connectivity index (χ0) is 22.4. The van der Waals surface area contributed by atoms with Crippen molar-refractivity contribution in [1.82, 2.24) is 0 Å². The van der Waals surface area contributed by atoms with Crippen LogP contribution in [0.4, 0.5) is 0 Å². The van der Waals surface area contributed by atoms with E-state index in [2.05, 4.69) is 33.9 Å². The second kappa shape index (κ2) is 6.55. The number of aliphatic hydroxyl groups excluding tert-OH is 1. The Bertz CT molecular complexity index is 863. The fourth-order valence-electron chi connectivity index (χ4n) is 6.13. The Balaban J connectivity index is 1.87. The largest absolute Gasteiger partial charge is 0.547 e. The molecule has 0 spiro atoms. The molecular formula is C24H36O5Si. The molecule has 0 aromatic heterocycles. The molecule has 2 fully saturated rings. The van der Waals surface area contributed by atoms with E-state index < -0.39 is 19.8 Å². The number of aliphatic hydroxyl groups is 1. The molecule has 0 unspecified atom stereocenters. The monoisotopic (exact) mass is 432 g/mol. The predicted octanol–water partition coefficient (Wildman–Crippen LogP) is 4.38. The Hall–Kier alpha value is -1.40. The molecule has 1 aliphatic heterocycles. The molecule has 1 N–H and O–H groups in total. The van der Waals surface area contributed by atoms with E-state index in [-0.39, 0.29) is 46.6 Å². The van der Waals surface area contributed by atoms with Gasteiger partial charge in [-0.1, -0.05) is 34.6 Å². The van der Waals surface area contributed by atoms with Gasteiger partial charge in [0.1, 0.15) is 6.10 Å². The van der Waals surface area contributed by atoms with Crippen molar-refractivity contribution in [2.24, 2.45) is 29.1 Å². The highest BCUT2D eigenvalue weighted by Gasteiger charge is 2.65. The first-order valence-corrected chi connectivity index (χ1v) is 14.1. The quantitative estimate of drug-likeness (QED) is 0.518. The minimum Gasteiger partial charge on any atom is -0.547 e. The number of ketones is 1. The van der Waals surface area contributed by atoms with E-state index in [1.807, 2.05) is 20.8 Å². The summed E-state index contributed by atoms with van der Waals surface area (Å²) in [7, 11) is -2.11. The Kier molecular flexibility index (Phi) is 4.76. The Morgan fingerprint density at radius 3 is 2.47 bits per heavy atom. The van der Waals surface area contributed by atoms with Crippen LogP contribution in [-0.2, 0) is 18.8 Å². The van der Waals surface area contributed by atoms with E-state index in [9.17, 15) is 14.7 Å². The molecule has 0 radical (unpaired) electrons. The maximum atomic E-state index is 13.2. The maximum Gasteiger partial charge on any atom is 0.309 e. The average Bonchev–Trinajstić information content (AvgIpc) is 3.11. The Morgan fingerprint density at radius 2 is 1.87 bits per heavy atom. The van der Waals surface area contributed by atoms with Crippen molar-refractivity contribution in [2.75, 3.05) is 0 Å². The van der Waals surface area contributed by atoms with Crippen molar-refractivity contribution in [1.29, 1.82) is 0 Å². The lowest BCUT2D eigenvalue weighted by molar-refractivity contribution is -0.143. The molecule has 0 aromatic carbocycles. The average molecular weight is 433 g/mol. The summed E-state index contributed by atoms with van der Waals surface area (Å²) in [5.41, 5.74) is 1.25. The summed E-state index contributed by atoms with van der Waals surface area (Å²) in [6.07, 6.45) is 1.89. The molecule has 6 heteroatoms. The minimum atomic E-state index is -2.11. The van der Waals surface area contributed by atoms with Crippen LogP contribution < -0.4 is 0 Å². The van der Waals surface area contributed by atoms with Gasteiger partial charge in [-0.05, 0) is 48.2 Å². The van der Waals surface area contributed by atoms with Crippen LogP contribution in [0, 0.1) is 29.1 Å². The first kappa shape index (κ1) is 21.8. The van der Waals surface area contributed by atoms with Gasteiger partial charge in [0, 0.05) is 30.1 Å². The first-order valence-electron chi connectivity index (χ1n) is 11.2. The molecule has 4 aliphatic rings. The normalized spacial score (nSPS) is 41.2. The molecule has 0 bridgehead atoms. The lowest BCUT2D eigenvalue weighted by Gasteiger charge is -2.53. The van der Waals surface area contributed by atoms with Gasteiger partial charge >= 0.3 is 5.97 Å². The Labute approximate surface area is 181 Å². The number of carbonyl (C=O) groups is 2. The number of ether oxygens (including phenoxy) is 1. The molecule has 0 aromatic rings.